The van der Waals surface area contributed by atoms with E-state index in [2.05, 4.69) is 10.1 Å². The molecule has 0 amide bonds. The van der Waals surface area contributed by atoms with E-state index in [1.165, 1.54) is 7.11 Å². The highest BCUT2D eigenvalue weighted by Crippen LogP contribution is 2.27. The second-order valence-corrected chi connectivity index (χ2v) is 4.45. The number of anilines is 1. The Morgan fingerprint density at radius 2 is 1.95 bits per heavy atom. The average molecular weight is 267 g/mol. The molecule has 1 aromatic rings. The van der Waals surface area contributed by atoms with Gasteiger partial charge in [0, 0.05) is 6.54 Å². The summed E-state index contributed by atoms with van der Waals surface area (Å²) >= 11 is 0. The Balaban J connectivity index is 2.66. The van der Waals surface area contributed by atoms with Gasteiger partial charge in [0.1, 0.15) is 5.75 Å². The minimum Gasteiger partial charge on any atom is -0.495 e. The fraction of sp³-hybridized carbons (Fsp3) is 0.500. The molecule has 0 aliphatic carbocycles. The SMILES string of the molecule is COC(=O)CC(O)CNc1cc(C)c(C)cc1OC. The number of carbonyl (C=O) groups excluding carboxylic acids is 1. The maximum absolute atomic E-state index is 11.0. The summed E-state index contributed by atoms with van der Waals surface area (Å²) in [5.41, 5.74) is 3.07. The topological polar surface area (TPSA) is 67.8 Å². The van der Waals surface area contributed by atoms with E-state index >= 15 is 0 Å². The van der Waals surface area contributed by atoms with E-state index in [-0.39, 0.29) is 13.0 Å². The standard InChI is InChI=1S/C14H21NO4/c1-9-5-12(13(18-3)6-10(9)2)15-8-11(16)7-14(17)19-4/h5-6,11,15-16H,7-8H2,1-4H3. The van der Waals surface area contributed by atoms with E-state index in [0.717, 1.165) is 16.8 Å². The molecule has 19 heavy (non-hydrogen) atoms. The second kappa shape index (κ2) is 6.99. The van der Waals surface area contributed by atoms with Gasteiger partial charge in [-0.05, 0) is 37.1 Å². The zero-order chi connectivity index (χ0) is 14.4. The van der Waals surface area contributed by atoms with Gasteiger partial charge in [-0.3, -0.25) is 4.79 Å². The van der Waals surface area contributed by atoms with E-state index < -0.39 is 12.1 Å². The van der Waals surface area contributed by atoms with Crippen LogP contribution in [0.4, 0.5) is 5.69 Å². The lowest BCUT2D eigenvalue weighted by Gasteiger charge is -2.16. The summed E-state index contributed by atoms with van der Waals surface area (Å²) in [6, 6.07) is 3.89. The molecule has 1 aromatic carbocycles. The van der Waals surface area contributed by atoms with Crippen LogP contribution < -0.4 is 10.1 Å². The molecule has 1 rings (SSSR count). The highest BCUT2D eigenvalue weighted by atomic mass is 16.5. The van der Waals surface area contributed by atoms with Crippen LogP contribution in [0.1, 0.15) is 17.5 Å². The number of carbonyl (C=O) groups is 1. The molecule has 106 valence electrons. The van der Waals surface area contributed by atoms with E-state index in [4.69, 9.17) is 4.74 Å². The molecule has 0 radical (unpaired) electrons. The van der Waals surface area contributed by atoms with Gasteiger partial charge in [-0.25, -0.2) is 0 Å². The van der Waals surface area contributed by atoms with Crippen molar-refractivity contribution in [3.63, 3.8) is 0 Å². The molecule has 0 aliphatic rings. The first-order chi connectivity index (χ1) is 8.97. The Bertz CT molecular complexity index is 445. The number of nitrogens with one attached hydrogen (secondary N) is 1. The van der Waals surface area contributed by atoms with Crippen molar-refractivity contribution in [1.82, 2.24) is 0 Å². The lowest BCUT2D eigenvalue weighted by Crippen LogP contribution is -2.23. The van der Waals surface area contributed by atoms with Gasteiger partial charge in [0.15, 0.2) is 0 Å². The Morgan fingerprint density at radius 3 is 2.53 bits per heavy atom. The molecule has 2 N–H and O–H groups in total. The van der Waals surface area contributed by atoms with Crippen LogP contribution in [0.25, 0.3) is 0 Å². The first kappa shape index (κ1) is 15.3. The Morgan fingerprint density at radius 1 is 1.32 bits per heavy atom. The normalized spacial score (nSPS) is 11.8. The van der Waals surface area contributed by atoms with Gasteiger partial charge in [0.2, 0.25) is 0 Å². The van der Waals surface area contributed by atoms with Gasteiger partial charge in [0.05, 0.1) is 32.4 Å². The first-order valence-corrected chi connectivity index (χ1v) is 6.12. The number of esters is 1. The van der Waals surface area contributed by atoms with Crippen LogP contribution in [0.3, 0.4) is 0 Å². The number of rotatable bonds is 6. The molecular weight excluding hydrogens is 246 g/mol. The van der Waals surface area contributed by atoms with Crippen molar-refractivity contribution in [2.45, 2.75) is 26.4 Å². The maximum Gasteiger partial charge on any atom is 0.308 e. The lowest BCUT2D eigenvalue weighted by molar-refractivity contribution is -0.142. The van der Waals surface area contributed by atoms with Gasteiger partial charge < -0.3 is 19.9 Å². The molecule has 0 fully saturated rings. The molecule has 5 heteroatoms. The third-order valence-corrected chi connectivity index (χ3v) is 2.97. The van der Waals surface area contributed by atoms with Gasteiger partial charge in [-0.2, -0.15) is 0 Å². The van der Waals surface area contributed by atoms with Crippen molar-refractivity contribution < 1.29 is 19.4 Å². The van der Waals surface area contributed by atoms with Gasteiger partial charge >= 0.3 is 5.97 Å². The zero-order valence-corrected chi connectivity index (χ0v) is 11.8. The molecule has 1 unspecified atom stereocenters. The number of aliphatic hydroxyl groups excluding tert-OH is 1. The van der Waals surface area contributed by atoms with Gasteiger partial charge in [0.25, 0.3) is 0 Å². The molecule has 0 saturated carbocycles. The van der Waals surface area contributed by atoms with Crippen LogP contribution >= 0.6 is 0 Å². The van der Waals surface area contributed by atoms with Crippen LogP contribution in [0.2, 0.25) is 0 Å². The highest BCUT2D eigenvalue weighted by molar-refractivity contribution is 5.70. The number of hydrogen-bond donors (Lipinski definition) is 2. The third kappa shape index (κ3) is 4.44. The van der Waals surface area contributed by atoms with E-state index in [1.54, 1.807) is 7.11 Å². The zero-order valence-electron chi connectivity index (χ0n) is 11.8. The summed E-state index contributed by atoms with van der Waals surface area (Å²) in [6.45, 7) is 4.27. The summed E-state index contributed by atoms with van der Waals surface area (Å²) in [5, 5.41) is 12.8. The van der Waals surface area contributed by atoms with Crippen LogP contribution in [0.15, 0.2) is 12.1 Å². The summed E-state index contributed by atoms with van der Waals surface area (Å²) in [4.78, 5) is 11.0. The van der Waals surface area contributed by atoms with E-state index in [0.29, 0.717) is 5.75 Å². The van der Waals surface area contributed by atoms with Crippen LogP contribution in [0, 0.1) is 13.8 Å². The number of benzene rings is 1. The molecule has 0 heterocycles. The molecule has 0 aliphatic heterocycles. The third-order valence-electron chi connectivity index (χ3n) is 2.97. The molecular formula is C14H21NO4. The Hall–Kier alpha value is -1.75. The van der Waals surface area contributed by atoms with Crippen molar-refractivity contribution in [2.75, 3.05) is 26.1 Å². The van der Waals surface area contributed by atoms with Crippen molar-refractivity contribution >= 4 is 11.7 Å². The second-order valence-electron chi connectivity index (χ2n) is 4.45. The summed E-state index contributed by atoms with van der Waals surface area (Å²) in [6.07, 6.45) is -0.824. The average Bonchev–Trinajstić information content (AvgIpc) is 2.39. The predicted molar refractivity (Wildman–Crippen MR) is 73.6 cm³/mol. The summed E-state index contributed by atoms with van der Waals surface area (Å²) < 4.78 is 9.78. The van der Waals surface area contributed by atoms with Crippen LogP contribution in [0.5, 0.6) is 5.75 Å². The molecule has 0 aromatic heterocycles. The van der Waals surface area contributed by atoms with Crippen molar-refractivity contribution in [2.24, 2.45) is 0 Å². The fourth-order valence-electron chi connectivity index (χ4n) is 1.67. The van der Waals surface area contributed by atoms with Crippen molar-refractivity contribution in [3.05, 3.63) is 23.3 Å². The van der Waals surface area contributed by atoms with Gasteiger partial charge in [-0.1, -0.05) is 0 Å². The fourth-order valence-corrected chi connectivity index (χ4v) is 1.67. The largest absolute Gasteiger partial charge is 0.495 e. The number of hydrogen-bond acceptors (Lipinski definition) is 5. The summed E-state index contributed by atoms with van der Waals surface area (Å²) in [7, 11) is 2.90. The monoisotopic (exact) mass is 267 g/mol. The number of aryl methyl sites for hydroxylation is 2. The smallest absolute Gasteiger partial charge is 0.308 e. The molecule has 0 bridgehead atoms. The van der Waals surface area contributed by atoms with E-state index in [9.17, 15) is 9.90 Å². The number of ether oxygens (including phenoxy) is 2. The minimum atomic E-state index is -0.793. The van der Waals surface area contributed by atoms with Crippen molar-refractivity contribution in [3.8, 4) is 5.75 Å². The summed E-state index contributed by atoms with van der Waals surface area (Å²) in [5.74, 6) is 0.287. The number of methoxy groups -OCH3 is 2. The van der Waals surface area contributed by atoms with Crippen molar-refractivity contribution in [1.29, 1.82) is 0 Å². The Labute approximate surface area is 113 Å². The van der Waals surface area contributed by atoms with Crippen LogP contribution in [-0.4, -0.2) is 37.9 Å². The molecule has 1 atom stereocenters. The first-order valence-electron chi connectivity index (χ1n) is 6.12. The predicted octanol–water partition coefficient (Wildman–Crippen LogP) is 1.65. The molecule has 0 spiro atoms. The van der Waals surface area contributed by atoms with Crippen LogP contribution in [-0.2, 0) is 9.53 Å². The molecule has 0 saturated heterocycles. The Kier molecular flexibility index (Phi) is 5.63. The highest BCUT2D eigenvalue weighted by Gasteiger charge is 2.12. The van der Waals surface area contributed by atoms with E-state index in [1.807, 2.05) is 26.0 Å². The molecule has 5 nitrogen and oxygen atoms in total. The maximum atomic E-state index is 11.0. The lowest BCUT2D eigenvalue weighted by atomic mass is 10.1. The quantitative estimate of drug-likeness (QED) is 0.767. The number of aliphatic hydroxyl groups is 1. The minimum absolute atomic E-state index is 0.0311. The van der Waals surface area contributed by atoms with Gasteiger partial charge in [-0.15, -0.1) is 0 Å².